The van der Waals surface area contributed by atoms with Gasteiger partial charge in [0.1, 0.15) is 0 Å². The van der Waals surface area contributed by atoms with E-state index in [1.165, 1.54) is 4.90 Å². The fraction of sp³-hybridized carbons (Fsp3) is 0.176. The molecule has 22 heavy (non-hydrogen) atoms. The molecular formula is C17H15NO4. The van der Waals surface area contributed by atoms with E-state index in [9.17, 15) is 14.7 Å². The van der Waals surface area contributed by atoms with Crippen LogP contribution >= 0.6 is 0 Å². The van der Waals surface area contributed by atoms with E-state index < -0.39 is 18.1 Å². The van der Waals surface area contributed by atoms with Gasteiger partial charge in [0.2, 0.25) is 0 Å². The molecule has 5 nitrogen and oxygen atoms in total. The standard InChI is InChI=1S/C17H15NO4/c19-15(20)10-17(22)14-9-5-4-8-13(14)16(21)18(17)11-12-6-2-1-3-7-12/h1-9,22H,10-11H2,(H,19,20)/t17-/m0/s1. The maximum absolute atomic E-state index is 12.6. The highest BCUT2D eigenvalue weighted by Crippen LogP contribution is 2.40. The van der Waals surface area contributed by atoms with Crippen molar-refractivity contribution in [3.05, 3.63) is 71.3 Å². The zero-order valence-electron chi connectivity index (χ0n) is 11.8. The van der Waals surface area contributed by atoms with Crippen LogP contribution in [0.4, 0.5) is 0 Å². The lowest BCUT2D eigenvalue weighted by atomic mass is 9.98. The Balaban J connectivity index is 2.04. The largest absolute Gasteiger partial charge is 0.481 e. The fourth-order valence-electron chi connectivity index (χ4n) is 2.85. The first-order chi connectivity index (χ1) is 10.5. The average Bonchev–Trinajstić information content (AvgIpc) is 2.70. The molecule has 0 fully saturated rings. The molecule has 0 aromatic heterocycles. The number of amides is 1. The monoisotopic (exact) mass is 297 g/mol. The smallest absolute Gasteiger partial charge is 0.308 e. The molecule has 1 aliphatic rings. The highest BCUT2D eigenvalue weighted by molar-refractivity contribution is 6.00. The minimum absolute atomic E-state index is 0.151. The van der Waals surface area contributed by atoms with Crippen LogP contribution in [0.25, 0.3) is 0 Å². The molecule has 1 atom stereocenters. The van der Waals surface area contributed by atoms with E-state index in [1.54, 1.807) is 24.3 Å². The lowest BCUT2D eigenvalue weighted by Crippen LogP contribution is -2.44. The van der Waals surface area contributed by atoms with Gasteiger partial charge in [0.25, 0.3) is 5.91 Å². The number of aliphatic hydroxyl groups is 1. The van der Waals surface area contributed by atoms with Crippen molar-refractivity contribution in [2.45, 2.75) is 18.7 Å². The van der Waals surface area contributed by atoms with Crippen LogP contribution in [0.3, 0.4) is 0 Å². The average molecular weight is 297 g/mol. The molecule has 1 amide bonds. The first-order valence-corrected chi connectivity index (χ1v) is 6.92. The van der Waals surface area contributed by atoms with Crippen LogP contribution in [0.5, 0.6) is 0 Å². The third kappa shape index (κ3) is 2.25. The Morgan fingerprint density at radius 3 is 2.36 bits per heavy atom. The van der Waals surface area contributed by atoms with Crippen molar-refractivity contribution >= 4 is 11.9 Å². The van der Waals surface area contributed by atoms with Crippen LogP contribution in [0.1, 0.15) is 27.9 Å². The number of carboxylic acids is 1. The molecule has 0 saturated carbocycles. The summed E-state index contributed by atoms with van der Waals surface area (Å²) in [6.45, 7) is 0.151. The summed E-state index contributed by atoms with van der Waals surface area (Å²) >= 11 is 0. The molecular weight excluding hydrogens is 282 g/mol. The topological polar surface area (TPSA) is 77.8 Å². The van der Waals surface area contributed by atoms with Gasteiger partial charge in [0.15, 0.2) is 5.72 Å². The van der Waals surface area contributed by atoms with Gasteiger partial charge in [-0.15, -0.1) is 0 Å². The van der Waals surface area contributed by atoms with Crippen molar-refractivity contribution in [3.8, 4) is 0 Å². The summed E-state index contributed by atoms with van der Waals surface area (Å²) in [5, 5.41) is 20.1. The minimum Gasteiger partial charge on any atom is -0.481 e. The van der Waals surface area contributed by atoms with Crippen LogP contribution < -0.4 is 0 Å². The first kappa shape index (κ1) is 14.3. The lowest BCUT2D eigenvalue weighted by molar-refractivity contribution is -0.153. The number of aliphatic carboxylic acids is 1. The van der Waals surface area contributed by atoms with Crippen molar-refractivity contribution < 1.29 is 19.8 Å². The van der Waals surface area contributed by atoms with Crippen LogP contribution in [0, 0.1) is 0 Å². The molecule has 2 aromatic carbocycles. The zero-order chi connectivity index (χ0) is 15.7. The highest BCUT2D eigenvalue weighted by atomic mass is 16.4. The molecule has 0 aliphatic carbocycles. The molecule has 5 heteroatoms. The Kier molecular flexibility index (Phi) is 3.42. The summed E-state index contributed by atoms with van der Waals surface area (Å²) in [6.07, 6.45) is -0.553. The second-order valence-electron chi connectivity index (χ2n) is 5.31. The summed E-state index contributed by atoms with van der Waals surface area (Å²) < 4.78 is 0. The number of nitrogens with zero attached hydrogens (tertiary/aromatic N) is 1. The minimum atomic E-state index is -1.82. The maximum atomic E-state index is 12.6. The highest BCUT2D eigenvalue weighted by Gasteiger charge is 2.49. The fourth-order valence-corrected chi connectivity index (χ4v) is 2.85. The van der Waals surface area contributed by atoms with E-state index >= 15 is 0 Å². The van der Waals surface area contributed by atoms with Crippen molar-refractivity contribution in [3.63, 3.8) is 0 Å². The van der Waals surface area contributed by atoms with Crippen LogP contribution in [0.15, 0.2) is 54.6 Å². The second-order valence-corrected chi connectivity index (χ2v) is 5.31. The summed E-state index contributed by atoms with van der Waals surface area (Å²) in [7, 11) is 0. The normalized spacial score (nSPS) is 20.0. The van der Waals surface area contributed by atoms with Crippen LogP contribution in [-0.2, 0) is 17.1 Å². The Hall–Kier alpha value is -2.66. The Morgan fingerprint density at radius 2 is 1.68 bits per heavy atom. The lowest BCUT2D eigenvalue weighted by Gasteiger charge is -2.33. The Morgan fingerprint density at radius 1 is 1.05 bits per heavy atom. The quantitative estimate of drug-likeness (QED) is 0.904. The van der Waals surface area contributed by atoms with Gasteiger partial charge in [-0.2, -0.15) is 0 Å². The van der Waals surface area contributed by atoms with E-state index in [1.807, 2.05) is 30.3 Å². The molecule has 2 N–H and O–H groups in total. The molecule has 0 bridgehead atoms. The van der Waals surface area contributed by atoms with Gasteiger partial charge in [-0.25, -0.2) is 0 Å². The number of fused-ring (bicyclic) bond motifs is 1. The SMILES string of the molecule is O=C(O)C[C@]1(O)c2ccccc2C(=O)N1Cc1ccccc1. The third-order valence-electron chi connectivity index (χ3n) is 3.86. The second kappa shape index (κ2) is 5.27. The third-order valence-corrected chi connectivity index (χ3v) is 3.86. The maximum Gasteiger partial charge on any atom is 0.308 e. The van der Waals surface area contributed by atoms with Gasteiger partial charge < -0.3 is 15.1 Å². The zero-order valence-corrected chi connectivity index (χ0v) is 11.8. The van der Waals surface area contributed by atoms with E-state index in [2.05, 4.69) is 0 Å². The van der Waals surface area contributed by atoms with E-state index in [-0.39, 0.29) is 12.5 Å². The molecule has 2 aromatic rings. The Bertz CT molecular complexity index is 728. The number of benzene rings is 2. The summed E-state index contributed by atoms with van der Waals surface area (Å²) in [5.41, 5.74) is -0.303. The van der Waals surface area contributed by atoms with Crippen molar-refractivity contribution in [2.75, 3.05) is 0 Å². The van der Waals surface area contributed by atoms with E-state index in [0.29, 0.717) is 11.1 Å². The van der Waals surface area contributed by atoms with Crippen molar-refractivity contribution in [1.29, 1.82) is 0 Å². The number of carbonyl (C=O) groups is 2. The van der Waals surface area contributed by atoms with Crippen molar-refractivity contribution in [1.82, 2.24) is 4.90 Å². The number of hydrogen-bond donors (Lipinski definition) is 2. The van der Waals surface area contributed by atoms with Crippen LogP contribution in [-0.4, -0.2) is 27.0 Å². The van der Waals surface area contributed by atoms with Crippen molar-refractivity contribution in [2.24, 2.45) is 0 Å². The molecule has 0 saturated heterocycles. The van der Waals surface area contributed by atoms with Gasteiger partial charge in [0, 0.05) is 17.7 Å². The first-order valence-electron chi connectivity index (χ1n) is 6.92. The summed E-state index contributed by atoms with van der Waals surface area (Å²) in [5.74, 6) is -1.52. The number of carbonyl (C=O) groups excluding carboxylic acids is 1. The van der Waals surface area contributed by atoms with Gasteiger partial charge in [0.05, 0.1) is 6.42 Å². The predicted molar refractivity (Wildman–Crippen MR) is 78.9 cm³/mol. The molecule has 3 rings (SSSR count). The molecule has 112 valence electrons. The summed E-state index contributed by atoms with van der Waals surface area (Å²) in [6, 6.07) is 15.8. The van der Waals surface area contributed by atoms with Gasteiger partial charge in [-0.1, -0.05) is 48.5 Å². The van der Waals surface area contributed by atoms with E-state index in [4.69, 9.17) is 5.11 Å². The summed E-state index contributed by atoms with van der Waals surface area (Å²) in [4.78, 5) is 25.0. The van der Waals surface area contributed by atoms with Gasteiger partial charge in [-0.05, 0) is 11.6 Å². The number of hydrogen-bond acceptors (Lipinski definition) is 3. The number of carboxylic acid groups (broad SMARTS) is 1. The molecule has 0 radical (unpaired) electrons. The van der Waals surface area contributed by atoms with Gasteiger partial charge in [-0.3, -0.25) is 9.59 Å². The van der Waals surface area contributed by atoms with E-state index in [0.717, 1.165) is 5.56 Å². The molecule has 1 heterocycles. The van der Waals surface area contributed by atoms with Crippen LogP contribution in [0.2, 0.25) is 0 Å². The number of rotatable bonds is 4. The van der Waals surface area contributed by atoms with Gasteiger partial charge >= 0.3 is 5.97 Å². The molecule has 0 spiro atoms. The predicted octanol–water partition coefficient (Wildman–Crippen LogP) is 1.96. The molecule has 1 aliphatic heterocycles. The molecule has 0 unspecified atom stereocenters. The Labute approximate surface area is 127 Å².